The maximum atomic E-state index is 11.4. The number of rotatable bonds is 2. The molecule has 2 unspecified atom stereocenters. The van der Waals surface area contributed by atoms with E-state index < -0.39 is 6.10 Å². The summed E-state index contributed by atoms with van der Waals surface area (Å²) in [5.41, 5.74) is 3.72. The number of ketones is 1. The van der Waals surface area contributed by atoms with Gasteiger partial charge in [0, 0.05) is 12.3 Å². The lowest BCUT2D eigenvalue weighted by Gasteiger charge is -2.40. The van der Waals surface area contributed by atoms with Gasteiger partial charge in [-0.2, -0.15) is 0 Å². The minimum atomic E-state index is -0.417. The summed E-state index contributed by atoms with van der Waals surface area (Å²) in [6.07, 6.45) is 6.13. The molecule has 0 radical (unpaired) electrons. The van der Waals surface area contributed by atoms with Crippen LogP contribution in [0.1, 0.15) is 59.8 Å². The first kappa shape index (κ1) is 14.5. The van der Waals surface area contributed by atoms with Crippen LogP contribution >= 0.6 is 0 Å². The van der Waals surface area contributed by atoms with Crippen LogP contribution in [-0.4, -0.2) is 17.0 Å². The quantitative estimate of drug-likeness (QED) is 0.769. The van der Waals surface area contributed by atoms with E-state index in [1.54, 1.807) is 6.08 Å². The van der Waals surface area contributed by atoms with Gasteiger partial charge in [-0.1, -0.05) is 25.0 Å². The monoisotopic (exact) mass is 262 g/mol. The minimum Gasteiger partial charge on any atom is -0.388 e. The fraction of sp³-hybridized carbons (Fsp3) is 0.706. The maximum Gasteiger partial charge on any atom is 0.155 e. The second-order valence-corrected chi connectivity index (χ2v) is 6.88. The van der Waals surface area contributed by atoms with Crippen molar-refractivity contribution < 1.29 is 9.90 Å². The molecule has 2 rings (SSSR count). The molecule has 2 aliphatic rings. The van der Waals surface area contributed by atoms with Gasteiger partial charge >= 0.3 is 0 Å². The number of carbonyl (C=O) groups excluding carboxylic acids is 1. The van der Waals surface area contributed by atoms with Crippen molar-refractivity contribution in [3.63, 3.8) is 0 Å². The Bertz CT molecular complexity index is 440. The molecule has 106 valence electrons. The van der Waals surface area contributed by atoms with E-state index in [0.29, 0.717) is 6.42 Å². The average Bonchev–Trinajstić information content (AvgIpc) is 2.27. The van der Waals surface area contributed by atoms with Crippen molar-refractivity contribution in [2.45, 2.75) is 65.9 Å². The van der Waals surface area contributed by atoms with Crippen LogP contribution in [0.4, 0.5) is 0 Å². The molecular weight excluding hydrogens is 236 g/mol. The molecule has 19 heavy (non-hydrogen) atoms. The van der Waals surface area contributed by atoms with E-state index >= 15 is 0 Å². The van der Waals surface area contributed by atoms with E-state index in [0.717, 1.165) is 24.8 Å². The van der Waals surface area contributed by atoms with Gasteiger partial charge in [-0.05, 0) is 56.6 Å². The highest BCUT2D eigenvalue weighted by Crippen LogP contribution is 2.45. The lowest BCUT2D eigenvalue weighted by Crippen LogP contribution is -2.35. The predicted octanol–water partition coefficient (Wildman–Crippen LogP) is 3.80. The zero-order valence-electron chi connectivity index (χ0n) is 12.6. The summed E-state index contributed by atoms with van der Waals surface area (Å²) in [4.78, 5) is 11.4. The molecule has 2 atom stereocenters. The number of hydrogen-bond donors (Lipinski definition) is 1. The van der Waals surface area contributed by atoms with Crippen LogP contribution in [0.15, 0.2) is 22.8 Å². The minimum absolute atomic E-state index is 0.0868. The van der Waals surface area contributed by atoms with E-state index in [1.807, 2.05) is 6.92 Å². The van der Waals surface area contributed by atoms with Gasteiger partial charge in [-0.15, -0.1) is 0 Å². The summed E-state index contributed by atoms with van der Waals surface area (Å²) in [5, 5.41) is 10.9. The Morgan fingerprint density at radius 2 is 2.00 bits per heavy atom. The van der Waals surface area contributed by atoms with Crippen molar-refractivity contribution in [1.29, 1.82) is 0 Å². The predicted molar refractivity (Wildman–Crippen MR) is 77.8 cm³/mol. The van der Waals surface area contributed by atoms with Gasteiger partial charge in [0.2, 0.25) is 0 Å². The third-order valence-electron chi connectivity index (χ3n) is 4.89. The molecule has 0 saturated heterocycles. The van der Waals surface area contributed by atoms with Crippen molar-refractivity contribution >= 4 is 5.78 Å². The topological polar surface area (TPSA) is 37.3 Å². The Kier molecular flexibility index (Phi) is 4.00. The van der Waals surface area contributed by atoms with E-state index in [9.17, 15) is 9.90 Å². The van der Waals surface area contributed by atoms with Gasteiger partial charge in [0.15, 0.2) is 5.78 Å². The molecule has 2 aliphatic carbocycles. The zero-order chi connectivity index (χ0) is 14.2. The molecule has 1 N–H and O–H groups in total. The van der Waals surface area contributed by atoms with Gasteiger partial charge in [0.05, 0.1) is 6.10 Å². The van der Waals surface area contributed by atoms with E-state index in [4.69, 9.17) is 0 Å². The molecule has 0 aliphatic heterocycles. The van der Waals surface area contributed by atoms with Crippen LogP contribution in [0, 0.1) is 11.3 Å². The first-order valence-corrected chi connectivity index (χ1v) is 7.42. The molecule has 0 aromatic heterocycles. The molecule has 0 amide bonds. The first-order valence-electron chi connectivity index (χ1n) is 7.42. The van der Waals surface area contributed by atoms with E-state index in [-0.39, 0.29) is 17.1 Å². The summed E-state index contributed by atoms with van der Waals surface area (Å²) in [7, 11) is 0. The average molecular weight is 262 g/mol. The maximum absolute atomic E-state index is 11.4. The Morgan fingerprint density at radius 1 is 1.32 bits per heavy atom. The Morgan fingerprint density at radius 3 is 2.58 bits per heavy atom. The molecule has 2 heteroatoms. The Hall–Kier alpha value is -0.890. The van der Waals surface area contributed by atoms with E-state index in [1.165, 1.54) is 17.6 Å². The fourth-order valence-electron chi connectivity index (χ4n) is 3.86. The van der Waals surface area contributed by atoms with Crippen molar-refractivity contribution in [3.8, 4) is 0 Å². The highest BCUT2D eigenvalue weighted by molar-refractivity contribution is 5.91. The molecule has 0 aromatic carbocycles. The molecule has 0 fully saturated rings. The first-order chi connectivity index (χ1) is 8.83. The third-order valence-corrected chi connectivity index (χ3v) is 4.89. The smallest absolute Gasteiger partial charge is 0.155 e. The number of aliphatic hydroxyl groups is 1. The third kappa shape index (κ3) is 2.84. The summed E-state index contributed by atoms with van der Waals surface area (Å²) < 4.78 is 0. The summed E-state index contributed by atoms with van der Waals surface area (Å²) in [6, 6.07) is 0. The normalized spacial score (nSPS) is 29.2. The lowest BCUT2D eigenvalue weighted by atomic mass is 9.67. The van der Waals surface area contributed by atoms with Gasteiger partial charge in [-0.3, -0.25) is 4.79 Å². The summed E-state index contributed by atoms with van der Waals surface area (Å²) >= 11 is 0. The lowest BCUT2D eigenvalue weighted by molar-refractivity contribution is -0.115. The van der Waals surface area contributed by atoms with Crippen molar-refractivity contribution in [2.24, 2.45) is 11.3 Å². The fourth-order valence-corrected chi connectivity index (χ4v) is 3.86. The second-order valence-electron chi connectivity index (χ2n) is 6.88. The Balaban J connectivity index is 2.31. The second kappa shape index (κ2) is 5.24. The zero-order valence-corrected chi connectivity index (χ0v) is 12.6. The van der Waals surface area contributed by atoms with Crippen molar-refractivity contribution in [3.05, 3.63) is 22.8 Å². The summed E-state index contributed by atoms with van der Waals surface area (Å²) in [6.45, 7) is 8.62. The van der Waals surface area contributed by atoms with Gasteiger partial charge in [0.1, 0.15) is 0 Å². The Labute approximate surface area is 116 Å². The van der Waals surface area contributed by atoms with Crippen molar-refractivity contribution in [2.75, 3.05) is 0 Å². The SMILES string of the molecule is CC1=CC(=O)CCC1C(O)C1=C(C)CCCC1(C)C. The molecular formula is C17H26O2. The van der Waals surface area contributed by atoms with Crippen molar-refractivity contribution in [1.82, 2.24) is 0 Å². The summed E-state index contributed by atoms with van der Waals surface area (Å²) in [5.74, 6) is 0.328. The van der Waals surface area contributed by atoms with Crippen LogP contribution < -0.4 is 0 Å². The van der Waals surface area contributed by atoms with Crippen LogP contribution in [0.25, 0.3) is 0 Å². The van der Waals surface area contributed by atoms with Crippen LogP contribution in [0.3, 0.4) is 0 Å². The standard InChI is InChI=1S/C17H26O2/c1-11-6-5-9-17(3,4)15(11)16(19)14-8-7-13(18)10-12(14)2/h10,14,16,19H,5-9H2,1-4H3. The number of allylic oxidation sites excluding steroid dienone is 2. The number of hydrogen-bond acceptors (Lipinski definition) is 2. The van der Waals surface area contributed by atoms with Gasteiger partial charge in [0.25, 0.3) is 0 Å². The van der Waals surface area contributed by atoms with E-state index in [2.05, 4.69) is 20.8 Å². The van der Waals surface area contributed by atoms with Crippen LogP contribution in [0.5, 0.6) is 0 Å². The van der Waals surface area contributed by atoms with Gasteiger partial charge in [-0.25, -0.2) is 0 Å². The largest absolute Gasteiger partial charge is 0.388 e. The number of carbonyl (C=O) groups is 1. The van der Waals surface area contributed by atoms with Crippen LogP contribution in [-0.2, 0) is 4.79 Å². The molecule has 0 heterocycles. The molecule has 0 aromatic rings. The highest BCUT2D eigenvalue weighted by atomic mass is 16.3. The molecule has 0 saturated carbocycles. The highest BCUT2D eigenvalue weighted by Gasteiger charge is 2.37. The number of aliphatic hydroxyl groups excluding tert-OH is 1. The molecule has 0 spiro atoms. The molecule has 0 bridgehead atoms. The van der Waals surface area contributed by atoms with Gasteiger partial charge < -0.3 is 5.11 Å². The molecule has 2 nitrogen and oxygen atoms in total. The van der Waals surface area contributed by atoms with Crippen LogP contribution in [0.2, 0.25) is 0 Å².